The zero-order chi connectivity index (χ0) is 9.84. The predicted octanol–water partition coefficient (Wildman–Crippen LogP) is -0.315. The molecule has 6 nitrogen and oxygen atoms in total. The second kappa shape index (κ2) is 3.53. The lowest BCUT2D eigenvalue weighted by Crippen LogP contribution is -2.22. The number of hydrogen-bond acceptors (Lipinski definition) is 3. The Morgan fingerprint density at radius 2 is 2.15 bits per heavy atom. The van der Waals surface area contributed by atoms with Crippen LogP contribution in [0.2, 0.25) is 0 Å². The molecule has 0 bridgehead atoms. The first-order valence-electron chi connectivity index (χ1n) is 3.38. The van der Waals surface area contributed by atoms with Crippen LogP contribution in [-0.4, -0.2) is 22.0 Å². The smallest absolute Gasteiger partial charge is 0.337 e. The molecule has 0 aliphatic rings. The molecule has 0 aliphatic heterocycles. The van der Waals surface area contributed by atoms with Crippen molar-refractivity contribution in [3.8, 4) is 0 Å². The molecule has 6 heteroatoms. The van der Waals surface area contributed by atoms with E-state index in [2.05, 4.69) is 9.98 Å². The Morgan fingerprint density at radius 1 is 1.46 bits per heavy atom. The molecular weight excluding hydrogens is 172 g/mol. The highest BCUT2D eigenvalue weighted by atomic mass is 16.4. The van der Waals surface area contributed by atoms with Gasteiger partial charge in [0.2, 0.25) is 0 Å². The minimum Gasteiger partial charge on any atom is -0.478 e. The van der Waals surface area contributed by atoms with Crippen molar-refractivity contribution in [1.29, 1.82) is 0 Å². The molecule has 0 unspecified atom stereocenters. The second-order valence-corrected chi connectivity index (χ2v) is 2.25. The highest BCUT2D eigenvalue weighted by Crippen LogP contribution is 2.07. The maximum Gasteiger partial charge on any atom is 0.337 e. The molecule has 0 atom stereocenters. The Labute approximate surface area is 73.9 Å². The zero-order valence-corrected chi connectivity index (χ0v) is 6.64. The molecule has 0 fully saturated rings. The van der Waals surface area contributed by atoms with Crippen LogP contribution in [-0.2, 0) is 0 Å². The number of carboxylic acids is 1. The van der Waals surface area contributed by atoms with Gasteiger partial charge >= 0.3 is 5.97 Å². The maximum atomic E-state index is 10.4. The molecule has 0 saturated carbocycles. The monoisotopic (exact) mass is 180 g/mol. The number of aromatic carboxylic acids is 1. The number of hydrogen-bond donors (Lipinski definition) is 3. The van der Waals surface area contributed by atoms with Crippen LogP contribution in [0.25, 0.3) is 0 Å². The highest BCUT2D eigenvalue weighted by Gasteiger charge is 2.01. The van der Waals surface area contributed by atoms with E-state index in [1.54, 1.807) is 0 Å². The second-order valence-electron chi connectivity index (χ2n) is 2.25. The molecule has 13 heavy (non-hydrogen) atoms. The van der Waals surface area contributed by atoms with Crippen LogP contribution < -0.4 is 11.5 Å². The van der Waals surface area contributed by atoms with Gasteiger partial charge in [0.05, 0.1) is 5.56 Å². The molecular formula is C7H8N4O2. The molecule has 0 saturated heterocycles. The first-order valence-corrected chi connectivity index (χ1v) is 3.38. The van der Waals surface area contributed by atoms with Crippen molar-refractivity contribution < 1.29 is 9.90 Å². The van der Waals surface area contributed by atoms with E-state index in [0.717, 1.165) is 0 Å². The van der Waals surface area contributed by atoms with Gasteiger partial charge in [0.1, 0.15) is 0 Å². The Balaban J connectivity index is 2.94. The Morgan fingerprint density at radius 3 is 2.54 bits per heavy atom. The number of aromatic nitrogens is 1. The molecule has 0 amide bonds. The average molecular weight is 180 g/mol. The van der Waals surface area contributed by atoms with Crippen molar-refractivity contribution >= 4 is 17.7 Å². The minimum atomic E-state index is -1.04. The van der Waals surface area contributed by atoms with E-state index in [9.17, 15) is 4.79 Å². The molecule has 0 aliphatic carbocycles. The standard InChI is InChI=1S/C7H8N4O2/c8-7(9)11-5-2-1-4(3-10-5)6(12)13/h1-3H,(H,12,13)(H4,8,9,10,11). The van der Waals surface area contributed by atoms with Crippen LogP contribution >= 0.6 is 0 Å². The summed E-state index contributed by atoms with van der Waals surface area (Å²) >= 11 is 0. The molecule has 1 heterocycles. The van der Waals surface area contributed by atoms with Gasteiger partial charge in [0.25, 0.3) is 0 Å². The van der Waals surface area contributed by atoms with Crippen molar-refractivity contribution in [2.24, 2.45) is 16.5 Å². The van der Waals surface area contributed by atoms with Crippen LogP contribution in [0.5, 0.6) is 0 Å². The number of rotatable bonds is 2. The van der Waals surface area contributed by atoms with Crippen LogP contribution in [0.15, 0.2) is 23.3 Å². The van der Waals surface area contributed by atoms with E-state index in [4.69, 9.17) is 16.6 Å². The first-order chi connectivity index (χ1) is 6.09. The largest absolute Gasteiger partial charge is 0.478 e. The summed E-state index contributed by atoms with van der Waals surface area (Å²) in [6, 6.07) is 2.79. The lowest BCUT2D eigenvalue weighted by molar-refractivity contribution is 0.0696. The van der Waals surface area contributed by atoms with Gasteiger partial charge in [-0.1, -0.05) is 0 Å². The van der Waals surface area contributed by atoms with E-state index >= 15 is 0 Å². The molecule has 1 rings (SSSR count). The molecule has 1 aromatic rings. The number of nitrogens with zero attached hydrogens (tertiary/aromatic N) is 2. The molecule has 5 N–H and O–H groups in total. The lowest BCUT2D eigenvalue weighted by Gasteiger charge is -1.95. The van der Waals surface area contributed by atoms with E-state index in [-0.39, 0.29) is 17.3 Å². The van der Waals surface area contributed by atoms with Crippen molar-refractivity contribution in [2.75, 3.05) is 0 Å². The molecule has 0 spiro atoms. The summed E-state index contributed by atoms with van der Waals surface area (Å²) in [4.78, 5) is 17.7. The SMILES string of the molecule is NC(N)=Nc1ccc(C(=O)O)cn1. The number of nitrogens with two attached hydrogens (primary N) is 2. The van der Waals surface area contributed by atoms with Crippen molar-refractivity contribution in [3.63, 3.8) is 0 Å². The summed E-state index contributed by atoms with van der Waals surface area (Å²) in [6.07, 6.45) is 1.18. The van der Waals surface area contributed by atoms with Crippen molar-refractivity contribution in [3.05, 3.63) is 23.9 Å². The van der Waals surface area contributed by atoms with Gasteiger partial charge in [0.15, 0.2) is 11.8 Å². The molecule has 1 aromatic heterocycles. The van der Waals surface area contributed by atoms with Crippen LogP contribution in [0.3, 0.4) is 0 Å². The number of guanidine groups is 1. The van der Waals surface area contributed by atoms with Crippen molar-refractivity contribution in [2.45, 2.75) is 0 Å². The molecule has 68 valence electrons. The summed E-state index contributed by atoms with van der Waals surface area (Å²) in [7, 11) is 0. The summed E-state index contributed by atoms with van der Waals surface area (Å²) in [5.41, 5.74) is 10.3. The number of carboxylic acid groups (broad SMARTS) is 1. The Kier molecular flexibility index (Phi) is 2.44. The van der Waals surface area contributed by atoms with Gasteiger partial charge in [-0.2, -0.15) is 4.99 Å². The van der Waals surface area contributed by atoms with E-state index in [1.807, 2.05) is 0 Å². The number of pyridine rings is 1. The fourth-order valence-corrected chi connectivity index (χ4v) is 0.711. The third-order valence-electron chi connectivity index (χ3n) is 1.24. The first kappa shape index (κ1) is 8.98. The van der Waals surface area contributed by atoms with E-state index < -0.39 is 5.97 Å². The number of aliphatic imine (C=N–C) groups is 1. The molecule has 0 aromatic carbocycles. The fourth-order valence-electron chi connectivity index (χ4n) is 0.711. The molecule has 0 radical (unpaired) electrons. The van der Waals surface area contributed by atoms with Crippen LogP contribution in [0, 0.1) is 0 Å². The van der Waals surface area contributed by atoms with Gasteiger partial charge in [-0.05, 0) is 12.1 Å². The summed E-state index contributed by atoms with van der Waals surface area (Å²) < 4.78 is 0. The lowest BCUT2D eigenvalue weighted by atomic mass is 10.3. The Hall–Kier alpha value is -2.11. The maximum absolute atomic E-state index is 10.4. The van der Waals surface area contributed by atoms with E-state index in [1.165, 1.54) is 18.3 Å². The predicted molar refractivity (Wildman–Crippen MR) is 46.7 cm³/mol. The normalized spacial score (nSPS) is 9.23. The summed E-state index contributed by atoms with van der Waals surface area (Å²) in [6.45, 7) is 0. The summed E-state index contributed by atoms with van der Waals surface area (Å²) in [5, 5.41) is 8.53. The topological polar surface area (TPSA) is 115 Å². The number of carbonyl (C=O) groups is 1. The van der Waals surface area contributed by atoms with Gasteiger partial charge in [0, 0.05) is 6.20 Å². The summed E-state index contributed by atoms with van der Waals surface area (Å²) in [5.74, 6) is -0.871. The third kappa shape index (κ3) is 2.44. The average Bonchev–Trinajstić information content (AvgIpc) is 2.04. The quantitative estimate of drug-likeness (QED) is 0.426. The third-order valence-corrected chi connectivity index (χ3v) is 1.24. The van der Waals surface area contributed by atoms with Gasteiger partial charge in [-0.3, -0.25) is 0 Å². The van der Waals surface area contributed by atoms with Crippen LogP contribution in [0.4, 0.5) is 5.82 Å². The van der Waals surface area contributed by atoms with Crippen LogP contribution in [0.1, 0.15) is 10.4 Å². The van der Waals surface area contributed by atoms with E-state index in [0.29, 0.717) is 0 Å². The van der Waals surface area contributed by atoms with Gasteiger partial charge in [-0.15, -0.1) is 0 Å². The highest BCUT2D eigenvalue weighted by molar-refractivity contribution is 5.87. The van der Waals surface area contributed by atoms with Gasteiger partial charge in [-0.25, -0.2) is 9.78 Å². The minimum absolute atomic E-state index is 0.0922. The Bertz CT molecular complexity index is 340. The zero-order valence-electron chi connectivity index (χ0n) is 6.64. The van der Waals surface area contributed by atoms with Gasteiger partial charge < -0.3 is 16.6 Å². The van der Waals surface area contributed by atoms with Crippen molar-refractivity contribution in [1.82, 2.24) is 4.98 Å². The fraction of sp³-hybridized carbons (Fsp3) is 0.